The Morgan fingerprint density at radius 3 is 3.07 bits per heavy atom. The molecular weight excluding hydrogens is 210 g/mol. The third-order valence-electron chi connectivity index (χ3n) is 2.32. The summed E-state index contributed by atoms with van der Waals surface area (Å²) in [5, 5.41) is 4.12. The van der Waals surface area contributed by atoms with Gasteiger partial charge in [-0.15, -0.1) is 0 Å². The van der Waals surface area contributed by atoms with E-state index >= 15 is 0 Å². The lowest BCUT2D eigenvalue weighted by Gasteiger charge is -2.14. The number of hydrogen-bond acceptors (Lipinski definition) is 5. The Balaban J connectivity index is 1.97. The van der Waals surface area contributed by atoms with Crippen molar-refractivity contribution in [1.29, 1.82) is 0 Å². The first kappa shape index (κ1) is 10.5. The van der Waals surface area contributed by atoms with Crippen molar-refractivity contribution in [3.05, 3.63) is 0 Å². The summed E-state index contributed by atoms with van der Waals surface area (Å²) < 4.78 is 0. The van der Waals surface area contributed by atoms with E-state index in [-0.39, 0.29) is 6.04 Å². The third-order valence-corrected chi connectivity index (χ3v) is 3.28. The van der Waals surface area contributed by atoms with Crippen LogP contribution >= 0.6 is 11.8 Å². The zero-order valence-corrected chi connectivity index (χ0v) is 9.71. The maximum atomic E-state index is 5.51. The minimum atomic E-state index is 0.272. The van der Waals surface area contributed by atoms with Crippen molar-refractivity contribution in [2.24, 2.45) is 20.7 Å². The molecule has 0 fully saturated rings. The van der Waals surface area contributed by atoms with Crippen molar-refractivity contribution in [3.8, 4) is 0 Å². The fraction of sp³-hybridized carbons (Fsp3) is 0.667. The highest BCUT2D eigenvalue weighted by Crippen LogP contribution is 2.22. The van der Waals surface area contributed by atoms with Gasteiger partial charge in [-0.1, -0.05) is 11.8 Å². The van der Waals surface area contributed by atoms with Gasteiger partial charge in [0.15, 0.2) is 5.17 Å². The molecule has 6 heteroatoms. The summed E-state index contributed by atoms with van der Waals surface area (Å²) in [4.78, 5) is 13.0. The van der Waals surface area contributed by atoms with Crippen molar-refractivity contribution in [2.75, 3.05) is 12.3 Å². The molecule has 0 amide bonds. The van der Waals surface area contributed by atoms with Gasteiger partial charge in [0.25, 0.3) is 0 Å². The van der Waals surface area contributed by atoms with Crippen LogP contribution in [0.5, 0.6) is 0 Å². The van der Waals surface area contributed by atoms with Gasteiger partial charge < -0.3 is 11.1 Å². The number of rotatable bonds is 1. The summed E-state index contributed by atoms with van der Waals surface area (Å²) in [6.07, 6.45) is 0. The SMILES string of the molecule is CC(N)=NC1=NC(C2CN=C(C)N2)CS1. The molecule has 2 aliphatic heterocycles. The van der Waals surface area contributed by atoms with E-state index in [0.29, 0.717) is 11.9 Å². The van der Waals surface area contributed by atoms with Crippen LogP contribution < -0.4 is 11.1 Å². The highest BCUT2D eigenvalue weighted by molar-refractivity contribution is 8.14. The van der Waals surface area contributed by atoms with Gasteiger partial charge in [-0.3, -0.25) is 9.98 Å². The monoisotopic (exact) mass is 225 g/mol. The van der Waals surface area contributed by atoms with Crippen LogP contribution in [0.3, 0.4) is 0 Å². The van der Waals surface area contributed by atoms with Gasteiger partial charge in [-0.2, -0.15) is 0 Å². The Kier molecular flexibility index (Phi) is 2.95. The fourth-order valence-electron chi connectivity index (χ4n) is 1.61. The Hall–Kier alpha value is -1.04. The summed E-state index contributed by atoms with van der Waals surface area (Å²) in [7, 11) is 0. The Morgan fingerprint density at radius 2 is 2.47 bits per heavy atom. The second-order valence-electron chi connectivity index (χ2n) is 3.72. The van der Waals surface area contributed by atoms with Crippen LogP contribution in [0.25, 0.3) is 0 Å². The number of nitrogens with zero attached hydrogens (tertiary/aromatic N) is 3. The van der Waals surface area contributed by atoms with Crippen LogP contribution in [0.15, 0.2) is 15.0 Å². The molecule has 0 bridgehead atoms. The topological polar surface area (TPSA) is 75.1 Å². The number of aliphatic imine (C=N–C) groups is 3. The highest BCUT2D eigenvalue weighted by Gasteiger charge is 2.29. The first-order chi connectivity index (χ1) is 7.15. The van der Waals surface area contributed by atoms with Gasteiger partial charge in [-0.05, 0) is 13.8 Å². The molecular formula is C9H15N5S. The van der Waals surface area contributed by atoms with Crippen LogP contribution in [-0.2, 0) is 0 Å². The van der Waals surface area contributed by atoms with Crippen molar-refractivity contribution in [3.63, 3.8) is 0 Å². The quantitative estimate of drug-likeness (QED) is 0.495. The molecule has 0 spiro atoms. The van der Waals surface area contributed by atoms with Crippen LogP contribution in [-0.4, -0.2) is 41.2 Å². The molecule has 0 radical (unpaired) electrons. The maximum absolute atomic E-state index is 5.51. The molecule has 0 aromatic carbocycles. The second-order valence-corrected chi connectivity index (χ2v) is 4.71. The van der Waals surface area contributed by atoms with Gasteiger partial charge in [0.05, 0.1) is 30.3 Å². The molecule has 0 saturated heterocycles. The van der Waals surface area contributed by atoms with Gasteiger partial charge in [0.2, 0.25) is 0 Å². The molecule has 82 valence electrons. The number of nitrogens with two attached hydrogens (primary N) is 1. The average Bonchev–Trinajstić information content (AvgIpc) is 2.72. The molecule has 0 aliphatic carbocycles. The normalized spacial score (nSPS) is 31.2. The van der Waals surface area contributed by atoms with Gasteiger partial charge in [0.1, 0.15) is 0 Å². The standard InChI is InChI=1S/C9H15N5S/c1-5(10)12-9-14-8(4-15-9)7-3-11-6(2)13-7/h7-8H,3-4H2,1-2H3,(H,11,13)(H2,10,12,14). The summed E-state index contributed by atoms with van der Waals surface area (Å²) >= 11 is 1.66. The van der Waals surface area contributed by atoms with Crippen molar-refractivity contribution < 1.29 is 0 Å². The van der Waals surface area contributed by atoms with E-state index in [1.54, 1.807) is 18.7 Å². The van der Waals surface area contributed by atoms with E-state index in [1.165, 1.54) is 0 Å². The van der Waals surface area contributed by atoms with Crippen LogP contribution in [0.1, 0.15) is 13.8 Å². The minimum absolute atomic E-state index is 0.272. The predicted molar refractivity (Wildman–Crippen MR) is 65.9 cm³/mol. The van der Waals surface area contributed by atoms with E-state index < -0.39 is 0 Å². The van der Waals surface area contributed by atoms with E-state index in [2.05, 4.69) is 20.3 Å². The summed E-state index contributed by atoms with van der Waals surface area (Å²) in [5.74, 6) is 2.54. The lowest BCUT2D eigenvalue weighted by Crippen LogP contribution is -2.39. The van der Waals surface area contributed by atoms with Gasteiger partial charge in [-0.25, -0.2) is 4.99 Å². The summed E-state index contributed by atoms with van der Waals surface area (Å²) in [6.45, 7) is 4.57. The molecule has 5 nitrogen and oxygen atoms in total. The molecule has 2 unspecified atom stereocenters. The molecule has 0 aromatic heterocycles. The van der Waals surface area contributed by atoms with Crippen molar-refractivity contribution >= 4 is 28.6 Å². The van der Waals surface area contributed by atoms with E-state index in [0.717, 1.165) is 23.3 Å². The van der Waals surface area contributed by atoms with Crippen molar-refractivity contribution in [2.45, 2.75) is 25.9 Å². The van der Waals surface area contributed by atoms with E-state index in [1.807, 2.05) is 6.92 Å². The van der Waals surface area contributed by atoms with Crippen molar-refractivity contribution in [1.82, 2.24) is 5.32 Å². The molecule has 3 N–H and O–H groups in total. The first-order valence-electron chi connectivity index (χ1n) is 4.94. The summed E-state index contributed by atoms with van der Waals surface area (Å²) in [6, 6.07) is 0.609. The Bertz CT molecular complexity index is 342. The molecule has 0 saturated carbocycles. The minimum Gasteiger partial charge on any atom is -0.387 e. The third kappa shape index (κ3) is 2.50. The molecule has 0 aromatic rings. The maximum Gasteiger partial charge on any atom is 0.185 e. The number of hydrogen-bond donors (Lipinski definition) is 2. The zero-order valence-electron chi connectivity index (χ0n) is 8.90. The second kappa shape index (κ2) is 4.22. The van der Waals surface area contributed by atoms with E-state index in [4.69, 9.17) is 5.73 Å². The fourth-order valence-corrected chi connectivity index (χ4v) is 2.65. The van der Waals surface area contributed by atoms with Gasteiger partial charge in [0, 0.05) is 5.75 Å². The average molecular weight is 225 g/mol. The largest absolute Gasteiger partial charge is 0.387 e. The lowest BCUT2D eigenvalue weighted by molar-refractivity contribution is 0.562. The Morgan fingerprint density at radius 1 is 1.67 bits per heavy atom. The number of nitrogens with one attached hydrogen (secondary N) is 1. The molecule has 2 heterocycles. The van der Waals surface area contributed by atoms with Gasteiger partial charge >= 0.3 is 0 Å². The lowest BCUT2D eigenvalue weighted by atomic mass is 10.1. The van der Waals surface area contributed by atoms with Crippen LogP contribution in [0.4, 0.5) is 0 Å². The zero-order chi connectivity index (χ0) is 10.8. The molecule has 2 rings (SSSR count). The van der Waals surface area contributed by atoms with Crippen LogP contribution in [0.2, 0.25) is 0 Å². The van der Waals surface area contributed by atoms with Crippen LogP contribution in [0, 0.1) is 0 Å². The number of amidine groups is 3. The molecule has 2 aliphatic rings. The highest BCUT2D eigenvalue weighted by atomic mass is 32.2. The number of thioether (sulfide) groups is 1. The predicted octanol–water partition coefficient (Wildman–Crippen LogP) is 0.225. The first-order valence-corrected chi connectivity index (χ1v) is 5.92. The van der Waals surface area contributed by atoms with E-state index in [9.17, 15) is 0 Å². The summed E-state index contributed by atoms with van der Waals surface area (Å²) in [5.41, 5.74) is 5.51. The smallest absolute Gasteiger partial charge is 0.185 e. The molecule has 2 atom stereocenters. The molecule has 15 heavy (non-hydrogen) atoms. The Labute approximate surface area is 93.3 Å².